The molecule has 5 nitrogen and oxygen atoms in total. The second-order valence-electron chi connectivity index (χ2n) is 6.57. The SMILES string of the molecule is CC(C)N(Cc1cccnc1)C(=O)c1cccc(OCc2cccnc2)c1. The largest absolute Gasteiger partial charge is 0.489 e. The maximum Gasteiger partial charge on any atom is 0.254 e. The molecule has 3 rings (SSSR count). The van der Waals surface area contributed by atoms with E-state index in [9.17, 15) is 4.79 Å². The second kappa shape index (κ2) is 8.94. The van der Waals surface area contributed by atoms with Crippen molar-refractivity contribution < 1.29 is 9.53 Å². The molecule has 138 valence electrons. The van der Waals surface area contributed by atoms with Gasteiger partial charge in [-0.1, -0.05) is 18.2 Å². The van der Waals surface area contributed by atoms with E-state index in [2.05, 4.69) is 9.97 Å². The minimum absolute atomic E-state index is 0.0271. The fourth-order valence-electron chi connectivity index (χ4n) is 2.71. The van der Waals surface area contributed by atoms with E-state index in [1.807, 2.05) is 61.2 Å². The summed E-state index contributed by atoms with van der Waals surface area (Å²) in [6, 6.07) is 15.1. The highest BCUT2D eigenvalue weighted by molar-refractivity contribution is 5.94. The van der Waals surface area contributed by atoms with E-state index in [4.69, 9.17) is 4.74 Å². The van der Waals surface area contributed by atoms with Crippen LogP contribution in [0.5, 0.6) is 5.75 Å². The topological polar surface area (TPSA) is 55.3 Å². The van der Waals surface area contributed by atoms with Crippen LogP contribution in [0.3, 0.4) is 0 Å². The lowest BCUT2D eigenvalue weighted by atomic mass is 10.1. The molecule has 0 N–H and O–H groups in total. The van der Waals surface area contributed by atoms with Crippen LogP contribution in [0, 0.1) is 0 Å². The summed E-state index contributed by atoms with van der Waals surface area (Å²) in [5.41, 5.74) is 2.59. The monoisotopic (exact) mass is 361 g/mol. The lowest BCUT2D eigenvalue weighted by Gasteiger charge is -2.27. The number of pyridine rings is 2. The number of hydrogen-bond donors (Lipinski definition) is 0. The third-order valence-corrected chi connectivity index (χ3v) is 4.17. The Balaban J connectivity index is 1.72. The zero-order chi connectivity index (χ0) is 19.1. The van der Waals surface area contributed by atoms with Gasteiger partial charge in [0.1, 0.15) is 12.4 Å². The Morgan fingerprint density at radius 2 is 1.70 bits per heavy atom. The number of rotatable bonds is 7. The van der Waals surface area contributed by atoms with Crippen LogP contribution in [-0.4, -0.2) is 26.8 Å². The molecule has 3 aromatic rings. The summed E-state index contributed by atoms with van der Waals surface area (Å²) in [6.45, 7) is 4.95. The highest BCUT2D eigenvalue weighted by Crippen LogP contribution is 2.19. The molecule has 0 aliphatic rings. The number of nitrogens with zero attached hydrogens (tertiary/aromatic N) is 3. The van der Waals surface area contributed by atoms with Gasteiger partial charge in [-0.2, -0.15) is 0 Å². The Morgan fingerprint density at radius 1 is 1.00 bits per heavy atom. The number of carbonyl (C=O) groups is 1. The molecular weight excluding hydrogens is 338 g/mol. The van der Waals surface area contributed by atoms with Gasteiger partial charge in [-0.15, -0.1) is 0 Å². The molecule has 0 bridgehead atoms. The molecule has 0 radical (unpaired) electrons. The number of aromatic nitrogens is 2. The molecule has 1 amide bonds. The van der Waals surface area contributed by atoms with Gasteiger partial charge in [0.05, 0.1) is 0 Å². The van der Waals surface area contributed by atoms with Crippen LogP contribution in [0.2, 0.25) is 0 Å². The number of carbonyl (C=O) groups excluding carboxylic acids is 1. The van der Waals surface area contributed by atoms with Gasteiger partial charge in [-0.3, -0.25) is 14.8 Å². The van der Waals surface area contributed by atoms with E-state index >= 15 is 0 Å². The van der Waals surface area contributed by atoms with Gasteiger partial charge < -0.3 is 9.64 Å². The van der Waals surface area contributed by atoms with Crippen molar-refractivity contribution in [3.05, 3.63) is 90.0 Å². The summed E-state index contributed by atoms with van der Waals surface area (Å²) in [6.07, 6.45) is 7.01. The number of hydrogen-bond acceptors (Lipinski definition) is 4. The summed E-state index contributed by atoms with van der Waals surface area (Å²) in [4.78, 5) is 23.1. The summed E-state index contributed by atoms with van der Waals surface area (Å²) in [7, 11) is 0. The van der Waals surface area contributed by atoms with Crippen molar-refractivity contribution in [3.8, 4) is 5.75 Å². The molecule has 0 saturated heterocycles. The highest BCUT2D eigenvalue weighted by atomic mass is 16.5. The average molecular weight is 361 g/mol. The molecule has 27 heavy (non-hydrogen) atoms. The lowest BCUT2D eigenvalue weighted by molar-refractivity contribution is 0.0689. The van der Waals surface area contributed by atoms with E-state index < -0.39 is 0 Å². The predicted molar refractivity (Wildman–Crippen MR) is 104 cm³/mol. The first-order valence-electron chi connectivity index (χ1n) is 8.95. The van der Waals surface area contributed by atoms with Gasteiger partial charge in [-0.25, -0.2) is 0 Å². The number of benzene rings is 1. The van der Waals surface area contributed by atoms with Crippen LogP contribution in [0.25, 0.3) is 0 Å². The van der Waals surface area contributed by atoms with Crippen molar-refractivity contribution in [2.24, 2.45) is 0 Å². The third-order valence-electron chi connectivity index (χ3n) is 4.17. The van der Waals surface area contributed by atoms with Crippen LogP contribution < -0.4 is 4.74 Å². The van der Waals surface area contributed by atoms with Gasteiger partial charge in [0.15, 0.2) is 0 Å². The minimum Gasteiger partial charge on any atom is -0.489 e. The Labute approximate surface area is 159 Å². The van der Waals surface area contributed by atoms with Gasteiger partial charge in [0.25, 0.3) is 5.91 Å². The zero-order valence-corrected chi connectivity index (χ0v) is 15.6. The molecule has 0 unspecified atom stereocenters. The van der Waals surface area contributed by atoms with Crippen molar-refractivity contribution in [2.45, 2.75) is 33.0 Å². The van der Waals surface area contributed by atoms with E-state index in [-0.39, 0.29) is 11.9 Å². The molecule has 2 aromatic heterocycles. The van der Waals surface area contributed by atoms with Crippen LogP contribution in [0.15, 0.2) is 73.3 Å². The molecule has 0 saturated carbocycles. The molecule has 0 aliphatic carbocycles. The van der Waals surface area contributed by atoms with Crippen molar-refractivity contribution in [2.75, 3.05) is 0 Å². The van der Waals surface area contributed by atoms with Crippen LogP contribution in [0.1, 0.15) is 35.3 Å². The first-order chi connectivity index (χ1) is 13.1. The molecule has 0 fully saturated rings. The van der Waals surface area contributed by atoms with Crippen molar-refractivity contribution in [1.82, 2.24) is 14.9 Å². The van der Waals surface area contributed by atoms with Gasteiger partial charge in [-0.05, 0) is 49.7 Å². The highest BCUT2D eigenvalue weighted by Gasteiger charge is 2.19. The maximum atomic E-state index is 13.1. The quantitative estimate of drug-likeness (QED) is 0.636. The number of ether oxygens (including phenoxy) is 1. The van der Waals surface area contributed by atoms with Crippen molar-refractivity contribution in [3.63, 3.8) is 0 Å². The molecule has 5 heteroatoms. The molecule has 0 spiro atoms. The zero-order valence-electron chi connectivity index (χ0n) is 15.6. The fraction of sp³-hybridized carbons (Fsp3) is 0.227. The molecule has 1 aromatic carbocycles. The summed E-state index contributed by atoms with van der Waals surface area (Å²) >= 11 is 0. The van der Waals surface area contributed by atoms with Crippen molar-refractivity contribution >= 4 is 5.91 Å². The van der Waals surface area contributed by atoms with E-state index in [0.29, 0.717) is 24.5 Å². The Hall–Kier alpha value is -3.21. The summed E-state index contributed by atoms with van der Waals surface area (Å²) in [5, 5.41) is 0. The van der Waals surface area contributed by atoms with E-state index in [1.165, 1.54) is 0 Å². The average Bonchev–Trinajstić information content (AvgIpc) is 2.71. The third kappa shape index (κ3) is 5.14. The van der Waals surface area contributed by atoms with Crippen LogP contribution in [-0.2, 0) is 13.2 Å². The Bertz CT molecular complexity index is 867. The van der Waals surface area contributed by atoms with Crippen LogP contribution in [0.4, 0.5) is 0 Å². The summed E-state index contributed by atoms with van der Waals surface area (Å²) in [5.74, 6) is 0.635. The predicted octanol–water partition coefficient (Wildman–Crippen LogP) is 4.11. The molecule has 0 aliphatic heterocycles. The summed E-state index contributed by atoms with van der Waals surface area (Å²) < 4.78 is 5.82. The lowest BCUT2D eigenvalue weighted by Crippen LogP contribution is -2.36. The molecule has 2 heterocycles. The fourth-order valence-corrected chi connectivity index (χ4v) is 2.71. The Kier molecular flexibility index (Phi) is 6.15. The minimum atomic E-state index is -0.0271. The van der Waals surface area contributed by atoms with E-state index in [0.717, 1.165) is 11.1 Å². The Morgan fingerprint density at radius 3 is 2.33 bits per heavy atom. The normalized spacial score (nSPS) is 10.6. The van der Waals surface area contributed by atoms with Crippen LogP contribution >= 0.6 is 0 Å². The number of amides is 1. The van der Waals surface area contributed by atoms with Gasteiger partial charge in [0, 0.05) is 48.5 Å². The van der Waals surface area contributed by atoms with Crippen molar-refractivity contribution in [1.29, 1.82) is 0 Å². The second-order valence-corrected chi connectivity index (χ2v) is 6.57. The van der Waals surface area contributed by atoms with E-state index in [1.54, 1.807) is 30.9 Å². The molecular formula is C22H23N3O2. The smallest absolute Gasteiger partial charge is 0.254 e. The first-order valence-corrected chi connectivity index (χ1v) is 8.95. The van der Waals surface area contributed by atoms with Gasteiger partial charge in [0.2, 0.25) is 0 Å². The molecule has 0 atom stereocenters. The van der Waals surface area contributed by atoms with Gasteiger partial charge >= 0.3 is 0 Å². The first kappa shape index (κ1) is 18.6. The standard InChI is InChI=1S/C22H23N3O2/c1-17(2)25(15-18-6-4-10-23-13-18)22(26)20-8-3-9-21(12-20)27-16-19-7-5-11-24-14-19/h3-14,17H,15-16H2,1-2H3. The maximum absolute atomic E-state index is 13.1.